The number of pyridine rings is 2. The molecule has 1 fully saturated rings. The molecule has 1 saturated heterocycles. The molecule has 0 aliphatic carbocycles. The molecule has 2 aromatic carbocycles. The second kappa shape index (κ2) is 18.6. The average Bonchev–Trinajstić information content (AvgIpc) is 3.19. The summed E-state index contributed by atoms with van der Waals surface area (Å²) >= 11 is 0. The van der Waals surface area contributed by atoms with Crippen LogP contribution >= 0.6 is 0 Å². The average molecular weight is 650 g/mol. The van der Waals surface area contributed by atoms with E-state index in [9.17, 15) is 0 Å². The molecule has 0 amide bonds. The summed E-state index contributed by atoms with van der Waals surface area (Å²) in [6.45, 7) is 12.6. The lowest BCUT2D eigenvalue weighted by Gasteiger charge is -2.24. The van der Waals surface area contributed by atoms with Gasteiger partial charge in [0.15, 0.2) is 0 Å². The Labute approximate surface area is 286 Å². The van der Waals surface area contributed by atoms with Crippen molar-refractivity contribution in [1.82, 2.24) is 35.7 Å². The maximum Gasteiger partial charge on any atom is 0.127 e. The van der Waals surface area contributed by atoms with Crippen molar-refractivity contribution in [3.05, 3.63) is 108 Å². The van der Waals surface area contributed by atoms with E-state index < -0.39 is 0 Å². The minimum absolute atomic E-state index is 0.629. The van der Waals surface area contributed by atoms with Gasteiger partial charge in [-0.3, -0.25) is 19.8 Å². The summed E-state index contributed by atoms with van der Waals surface area (Å²) < 4.78 is 12.7. The van der Waals surface area contributed by atoms with Gasteiger partial charge in [-0.2, -0.15) is 0 Å². The third-order valence-corrected chi connectivity index (χ3v) is 8.84. The Hall–Kier alpha value is -3.86. The fourth-order valence-corrected chi connectivity index (χ4v) is 6.40. The highest BCUT2D eigenvalue weighted by atomic mass is 16.5. The highest BCUT2D eigenvalue weighted by Gasteiger charge is 2.19. The number of nitrogens with one attached hydrogen (secondary N) is 3. The van der Waals surface area contributed by atoms with Gasteiger partial charge >= 0.3 is 0 Å². The third-order valence-electron chi connectivity index (χ3n) is 8.84. The minimum atomic E-state index is 0.629. The molecule has 4 heterocycles. The largest absolute Gasteiger partial charge is 0.493 e. The van der Waals surface area contributed by atoms with E-state index >= 15 is 0 Å². The van der Waals surface area contributed by atoms with Gasteiger partial charge in [0.1, 0.15) is 11.5 Å². The number of hydrogen-bond acceptors (Lipinski definition) is 9. The van der Waals surface area contributed by atoms with E-state index in [0.717, 1.165) is 132 Å². The molecule has 3 N–H and O–H groups in total. The van der Waals surface area contributed by atoms with Crippen molar-refractivity contribution < 1.29 is 9.47 Å². The molecule has 4 aromatic rings. The highest BCUT2D eigenvalue weighted by Crippen LogP contribution is 2.39. The predicted molar refractivity (Wildman–Crippen MR) is 192 cm³/mol. The van der Waals surface area contributed by atoms with Crippen LogP contribution in [0.5, 0.6) is 11.5 Å². The topological polar surface area (TPSA) is 86.8 Å². The van der Waals surface area contributed by atoms with Gasteiger partial charge in [-0.1, -0.05) is 24.3 Å². The first-order valence-electron chi connectivity index (χ1n) is 17.7. The number of benzene rings is 2. The lowest BCUT2D eigenvalue weighted by molar-refractivity contribution is 0.241. The van der Waals surface area contributed by atoms with Crippen LogP contribution in [0.25, 0.3) is 11.1 Å². The van der Waals surface area contributed by atoms with Crippen molar-refractivity contribution in [2.24, 2.45) is 0 Å². The quantitative estimate of drug-likeness (QED) is 0.248. The molecule has 2 aliphatic heterocycles. The SMILES string of the molecule is c1ccc(CN(Cc2ccc3c(c2)-c2cc(CN4CCCNCCNCCCNCC4)ccc2OCCCO3)Cc2ccccn2)nc1. The monoisotopic (exact) mass is 649 g/mol. The predicted octanol–water partition coefficient (Wildman–Crippen LogP) is 4.87. The first-order valence-corrected chi connectivity index (χ1v) is 17.7. The standard InChI is InChI=1S/C39H51N7O2/c1-3-17-43-34(8-1)30-46(31-35-9-2-4-18-44-35)29-33-11-13-39-37(27-33)36-26-32(10-12-38(36)47-24-7-25-48-39)28-45-22-6-16-41-20-19-40-14-5-15-42-21-23-45/h1-4,8-13,17-18,26-27,40-42H,5-7,14-16,19-25,28-31H2. The number of nitrogens with zero attached hydrogens (tertiary/aromatic N) is 4. The Morgan fingerprint density at radius 2 is 1.19 bits per heavy atom. The maximum atomic E-state index is 6.36. The zero-order chi connectivity index (χ0) is 32.6. The molecular weight excluding hydrogens is 598 g/mol. The number of rotatable bonds is 8. The smallest absolute Gasteiger partial charge is 0.127 e. The zero-order valence-corrected chi connectivity index (χ0v) is 28.2. The van der Waals surface area contributed by atoms with E-state index in [4.69, 9.17) is 9.47 Å². The normalized spacial score (nSPS) is 17.0. The molecule has 2 aliphatic rings. The van der Waals surface area contributed by atoms with E-state index in [0.29, 0.717) is 13.2 Å². The van der Waals surface area contributed by atoms with Crippen LogP contribution in [0.3, 0.4) is 0 Å². The first-order chi connectivity index (χ1) is 23.8. The van der Waals surface area contributed by atoms with Gasteiger partial charge in [0.2, 0.25) is 0 Å². The van der Waals surface area contributed by atoms with E-state index in [-0.39, 0.29) is 0 Å². The highest BCUT2D eigenvalue weighted by molar-refractivity contribution is 5.77. The minimum Gasteiger partial charge on any atom is -0.493 e. The number of fused-ring (bicyclic) bond motifs is 3. The number of hydrogen-bond donors (Lipinski definition) is 3. The van der Waals surface area contributed by atoms with Crippen LogP contribution in [0.4, 0.5) is 0 Å². The van der Waals surface area contributed by atoms with Crippen LogP contribution in [-0.2, 0) is 26.2 Å². The van der Waals surface area contributed by atoms with Gasteiger partial charge in [-0.15, -0.1) is 0 Å². The molecule has 9 heteroatoms. The van der Waals surface area contributed by atoms with Crippen molar-refractivity contribution in [2.45, 2.75) is 45.4 Å². The Morgan fingerprint density at radius 3 is 1.83 bits per heavy atom. The summed E-state index contributed by atoms with van der Waals surface area (Å²) in [6, 6.07) is 25.6. The Morgan fingerprint density at radius 1 is 0.583 bits per heavy atom. The summed E-state index contributed by atoms with van der Waals surface area (Å²) in [5.74, 6) is 1.83. The first kappa shape index (κ1) is 34.0. The fourth-order valence-electron chi connectivity index (χ4n) is 6.40. The molecule has 0 bridgehead atoms. The lowest BCUT2D eigenvalue weighted by Crippen LogP contribution is -2.36. The molecule has 0 atom stereocenters. The second-order valence-corrected chi connectivity index (χ2v) is 12.7. The molecule has 48 heavy (non-hydrogen) atoms. The van der Waals surface area contributed by atoms with E-state index in [1.807, 2.05) is 36.7 Å². The zero-order valence-electron chi connectivity index (χ0n) is 28.2. The van der Waals surface area contributed by atoms with Crippen LogP contribution in [0.15, 0.2) is 85.2 Å². The van der Waals surface area contributed by atoms with Crippen molar-refractivity contribution in [1.29, 1.82) is 0 Å². The summed E-state index contributed by atoms with van der Waals surface area (Å²) in [5, 5.41) is 10.8. The Balaban J connectivity index is 1.24. The Bertz CT molecular complexity index is 1470. The number of ether oxygens (including phenoxy) is 2. The molecule has 0 saturated carbocycles. The van der Waals surface area contributed by atoms with Gasteiger partial charge in [0.05, 0.1) is 24.6 Å². The van der Waals surface area contributed by atoms with Gasteiger partial charge in [-0.05, 0) is 98.7 Å². The molecule has 254 valence electrons. The molecule has 0 unspecified atom stereocenters. The molecule has 6 rings (SSSR count). The summed E-state index contributed by atoms with van der Waals surface area (Å²) in [7, 11) is 0. The van der Waals surface area contributed by atoms with Gasteiger partial charge in [0, 0.05) is 82.3 Å². The van der Waals surface area contributed by atoms with Crippen molar-refractivity contribution in [3.63, 3.8) is 0 Å². The van der Waals surface area contributed by atoms with Gasteiger partial charge in [0.25, 0.3) is 0 Å². The molecular formula is C39H51N7O2. The molecule has 2 aromatic heterocycles. The fraction of sp³-hybridized carbons (Fsp3) is 0.436. The molecule has 0 spiro atoms. The van der Waals surface area contributed by atoms with E-state index in [1.165, 1.54) is 11.1 Å². The van der Waals surface area contributed by atoms with Crippen molar-refractivity contribution in [3.8, 4) is 22.6 Å². The number of aromatic nitrogens is 2. The van der Waals surface area contributed by atoms with Gasteiger partial charge in [-0.25, -0.2) is 0 Å². The van der Waals surface area contributed by atoms with Crippen LogP contribution in [-0.4, -0.2) is 85.3 Å². The van der Waals surface area contributed by atoms with E-state index in [1.54, 1.807) is 0 Å². The van der Waals surface area contributed by atoms with Crippen LogP contribution in [0.2, 0.25) is 0 Å². The second-order valence-electron chi connectivity index (χ2n) is 12.7. The third kappa shape index (κ3) is 10.6. The lowest BCUT2D eigenvalue weighted by atomic mass is 9.98. The summed E-state index contributed by atoms with van der Waals surface area (Å²) in [4.78, 5) is 14.2. The van der Waals surface area contributed by atoms with Crippen LogP contribution in [0, 0.1) is 0 Å². The van der Waals surface area contributed by atoms with Crippen LogP contribution in [0.1, 0.15) is 41.8 Å². The van der Waals surface area contributed by atoms with Crippen LogP contribution < -0.4 is 25.4 Å². The van der Waals surface area contributed by atoms with Gasteiger partial charge < -0.3 is 25.4 Å². The van der Waals surface area contributed by atoms with E-state index in [2.05, 4.69) is 84.2 Å². The summed E-state index contributed by atoms with van der Waals surface area (Å²) in [6.07, 6.45) is 6.84. The molecule has 9 nitrogen and oxygen atoms in total. The summed E-state index contributed by atoms with van der Waals surface area (Å²) in [5.41, 5.74) is 6.77. The maximum absolute atomic E-state index is 6.36. The van der Waals surface area contributed by atoms with Crippen molar-refractivity contribution in [2.75, 3.05) is 65.6 Å². The molecule has 0 radical (unpaired) electrons. The van der Waals surface area contributed by atoms with Crippen molar-refractivity contribution >= 4 is 0 Å². The Kier molecular flexibility index (Phi) is 13.2.